The Morgan fingerprint density at radius 3 is 0.719 bits per heavy atom. The molecule has 6 aliphatic carbocycles. The van der Waals surface area contributed by atoms with Gasteiger partial charge in [-0.25, -0.2) is 19.9 Å². The van der Waals surface area contributed by atoms with Crippen LogP contribution in [0.5, 0.6) is 0 Å². The molecule has 0 amide bonds. The van der Waals surface area contributed by atoms with Gasteiger partial charge in [0.25, 0.3) is 0 Å². The molecule has 0 unspecified atom stereocenters. The summed E-state index contributed by atoms with van der Waals surface area (Å²) in [6.45, 7) is 0. The average molecular weight is 1650 g/mol. The highest BCUT2D eigenvalue weighted by Gasteiger charge is 2.62. The minimum atomic E-state index is -1.48. The molecule has 0 atom stereocenters. The van der Waals surface area contributed by atoms with Crippen molar-refractivity contribution in [1.82, 2.24) is 19.9 Å². The number of hydrogen-bond acceptors (Lipinski definition) is 6. The smallest absolute Gasteiger partial charge is 0.423 e. The average Bonchev–Trinajstić information content (AvgIpc) is 1.44. The van der Waals surface area contributed by atoms with Gasteiger partial charge in [-0.1, -0.05) is 454 Å². The van der Waals surface area contributed by atoms with Gasteiger partial charge in [0.2, 0.25) is 0 Å². The number of benzene rings is 18. The molecule has 2 aromatic heterocycles. The van der Waals surface area contributed by atoms with Crippen LogP contribution >= 0.6 is 11.6 Å². The predicted molar refractivity (Wildman–Crippen MR) is 520 cm³/mol. The van der Waals surface area contributed by atoms with Gasteiger partial charge in [-0.3, -0.25) is 0 Å². The molecule has 0 bridgehead atoms. The molecule has 6 aliphatic rings. The van der Waals surface area contributed by atoms with Crippen molar-refractivity contribution < 1.29 is 10.0 Å². The quantitative estimate of drug-likeness (QED) is 0.147. The third-order valence-corrected chi connectivity index (χ3v) is 27.9. The maximum atomic E-state index is 9.30. The molecule has 0 radical (unpaired) electrons. The standard InChI is InChI=1S/C60H38N2.C38H23Cl.C22H17BN2O2/c1-3-18-40(19-4-1)55-38-56(62-58(61-55)42-20-5-2-6-21-42)41-36-34-39(35-37-41)43-26-17-33-54-57(43)60(50-29-13-9-24-46(50)47-25-10-14-30-51(47)60)53-32-16-15-31-52(53)59(54)48-27-11-7-22-44(48)45-23-8-12-28-49(45)59;39-35-23-11-22-34-36(35)38(30-18-7-3-14-26(30)27-15-4-8-19-31(27)38)33-21-10-9-20-32(33)37(34)28-16-5-1-12-24(28)25-13-2-6-17-29(25)37;26-23(27)19-13-11-17(12-14-19)21-15-20(16-7-3-1-4-8-16)24-22(25-21)18-9-5-2-6-10-18/h1-38H;1-23H;1-15,26-27H. The van der Waals surface area contributed by atoms with Gasteiger partial charge in [0.15, 0.2) is 11.6 Å². The third-order valence-electron chi connectivity index (χ3n) is 27.6. The van der Waals surface area contributed by atoms with Crippen LogP contribution in [0.4, 0.5) is 0 Å². The zero-order valence-electron chi connectivity index (χ0n) is 69.5. The van der Waals surface area contributed by atoms with Crippen molar-refractivity contribution in [3.63, 3.8) is 0 Å². The number of halogens is 1. The van der Waals surface area contributed by atoms with Crippen molar-refractivity contribution in [2.75, 3.05) is 0 Å². The van der Waals surface area contributed by atoms with Crippen molar-refractivity contribution >= 4 is 24.2 Å². The van der Waals surface area contributed by atoms with E-state index in [0.717, 1.165) is 61.2 Å². The van der Waals surface area contributed by atoms with Crippen LogP contribution in [0.2, 0.25) is 5.02 Å². The van der Waals surface area contributed by atoms with Crippen molar-refractivity contribution in [3.05, 3.63) is 555 Å². The summed E-state index contributed by atoms with van der Waals surface area (Å²) in [7, 11) is -1.48. The molecule has 2 heterocycles. The lowest BCUT2D eigenvalue weighted by molar-refractivity contribution is 0.426. The van der Waals surface area contributed by atoms with E-state index in [4.69, 9.17) is 31.5 Å². The van der Waals surface area contributed by atoms with E-state index in [1.54, 1.807) is 12.1 Å². The first-order valence-corrected chi connectivity index (χ1v) is 44.1. The summed E-state index contributed by atoms with van der Waals surface area (Å²) < 4.78 is 0. The van der Waals surface area contributed by atoms with Crippen molar-refractivity contribution in [3.8, 4) is 123 Å². The molecule has 4 spiro atoms. The summed E-state index contributed by atoms with van der Waals surface area (Å²) in [6, 6.07) is 165. The first kappa shape index (κ1) is 76.1. The van der Waals surface area contributed by atoms with E-state index >= 15 is 0 Å². The van der Waals surface area contributed by atoms with Crippen molar-refractivity contribution in [2.24, 2.45) is 0 Å². The van der Waals surface area contributed by atoms with E-state index < -0.39 is 28.8 Å². The summed E-state index contributed by atoms with van der Waals surface area (Å²) in [5.41, 5.74) is 41.6. The molecule has 8 heteroatoms. The lowest BCUT2D eigenvalue weighted by atomic mass is 9.51. The van der Waals surface area contributed by atoms with Crippen LogP contribution in [0.1, 0.15) is 89.0 Å². The molecule has 2 N–H and O–H groups in total. The van der Waals surface area contributed by atoms with E-state index in [9.17, 15) is 10.0 Å². The summed E-state index contributed by atoms with van der Waals surface area (Å²) in [4.78, 5) is 19.7. The number of hydrogen-bond donors (Lipinski definition) is 2. The Bertz CT molecular complexity index is 7510. The molecule has 0 saturated carbocycles. The summed E-state index contributed by atoms with van der Waals surface area (Å²) in [5.74, 6) is 1.36. The highest BCUT2D eigenvalue weighted by Crippen LogP contribution is 2.71. The summed E-state index contributed by atoms with van der Waals surface area (Å²) >= 11 is 7.43. The van der Waals surface area contributed by atoms with Gasteiger partial charge in [-0.05, 0) is 168 Å². The molecular formula is C120H78BClN4O2. The van der Waals surface area contributed by atoms with Gasteiger partial charge >= 0.3 is 7.12 Å². The van der Waals surface area contributed by atoms with Crippen LogP contribution in [-0.4, -0.2) is 37.1 Å². The van der Waals surface area contributed by atoms with Gasteiger partial charge in [-0.2, -0.15) is 0 Å². The fourth-order valence-corrected chi connectivity index (χ4v) is 22.9. The third kappa shape index (κ3) is 11.3. The Morgan fingerprint density at radius 2 is 0.398 bits per heavy atom. The summed E-state index contributed by atoms with van der Waals surface area (Å²) in [5, 5.41) is 19.4. The zero-order chi connectivity index (χ0) is 85.2. The molecule has 600 valence electrons. The Hall–Kier alpha value is -15.6. The Kier molecular flexibility index (Phi) is 18.1. The second-order valence-electron chi connectivity index (χ2n) is 33.8. The highest BCUT2D eigenvalue weighted by atomic mass is 35.5. The molecule has 26 rings (SSSR count). The fraction of sp³-hybridized carbons (Fsp3) is 0.0333. The molecule has 128 heavy (non-hydrogen) atoms. The Balaban J connectivity index is 0.000000118. The maximum Gasteiger partial charge on any atom is 0.488 e. The van der Waals surface area contributed by atoms with Crippen LogP contribution in [-0.2, 0) is 21.7 Å². The predicted octanol–water partition coefficient (Wildman–Crippen LogP) is 26.7. The second kappa shape index (κ2) is 30.4. The monoisotopic (exact) mass is 1650 g/mol. The number of aromatic nitrogens is 4. The fourth-order valence-electron chi connectivity index (χ4n) is 22.6. The summed E-state index contributed by atoms with van der Waals surface area (Å²) in [6.07, 6.45) is 0. The Morgan fingerprint density at radius 1 is 0.180 bits per heavy atom. The minimum absolute atomic E-state index is 0.444. The first-order chi connectivity index (χ1) is 63.2. The van der Waals surface area contributed by atoms with Gasteiger partial charge in [0.1, 0.15) is 0 Å². The van der Waals surface area contributed by atoms with Gasteiger partial charge in [0.05, 0.1) is 44.4 Å². The molecule has 0 aliphatic heterocycles. The number of fused-ring (bicyclic) bond motifs is 32. The van der Waals surface area contributed by atoms with Gasteiger partial charge in [0, 0.05) is 38.4 Å². The minimum Gasteiger partial charge on any atom is -0.423 e. The highest BCUT2D eigenvalue weighted by molar-refractivity contribution is 6.58. The molecule has 0 fully saturated rings. The van der Waals surface area contributed by atoms with Gasteiger partial charge in [-0.15, -0.1) is 0 Å². The van der Waals surface area contributed by atoms with E-state index in [2.05, 4.69) is 346 Å². The Labute approximate surface area is 749 Å². The topological polar surface area (TPSA) is 92.0 Å². The van der Waals surface area contributed by atoms with Crippen LogP contribution < -0.4 is 5.46 Å². The largest absolute Gasteiger partial charge is 0.488 e. The molecule has 0 saturated heterocycles. The second-order valence-corrected chi connectivity index (χ2v) is 34.2. The first-order valence-electron chi connectivity index (χ1n) is 43.7. The molecule has 18 aromatic carbocycles. The van der Waals surface area contributed by atoms with Crippen LogP contribution in [0.15, 0.2) is 461 Å². The lowest BCUT2D eigenvalue weighted by Gasteiger charge is -2.49. The van der Waals surface area contributed by atoms with E-state index in [1.807, 2.05) is 103 Å². The van der Waals surface area contributed by atoms with Gasteiger partial charge < -0.3 is 10.0 Å². The van der Waals surface area contributed by atoms with Crippen molar-refractivity contribution in [1.29, 1.82) is 0 Å². The van der Waals surface area contributed by atoms with E-state index in [1.165, 1.54) is 145 Å². The number of nitrogens with zero attached hydrogens (tertiary/aromatic N) is 4. The lowest BCUT2D eigenvalue weighted by Crippen LogP contribution is -2.44. The molecular weight excluding hydrogens is 1580 g/mol. The molecule has 6 nitrogen and oxygen atoms in total. The van der Waals surface area contributed by atoms with Crippen LogP contribution in [0.3, 0.4) is 0 Å². The maximum absolute atomic E-state index is 9.30. The van der Waals surface area contributed by atoms with E-state index in [-0.39, 0.29) is 0 Å². The zero-order valence-corrected chi connectivity index (χ0v) is 70.3. The van der Waals surface area contributed by atoms with Crippen LogP contribution in [0.25, 0.3) is 123 Å². The number of rotatable bonds is 8. The van der Waals surface area contributed by atoms with Crippen LogP contribution in [0, 0.1) is 0 Å². The normalized spacial score (nSPS) is 13.8. The molecule has 20 aromatic rings. The SMILES string of the molecule is Clc1cccc2c1C1(c3ccccc3-c3ccccc31)c1ccccc1C21c2ccccc2-c2ccccc21.OB(O)c1ccc(-c2cc(-c3ccccc3)nc(-c3ccccc3)n2)cc1.c1ccc(-c2cc(-c3ccc(-c4cccc5c4C4(c6ccccc6-c6ccccc64)c4ccccc4C54c5ccccc5-c5ccccc54)cc3)nc(-c3ccccc3)n2)cc1. The van der Waals surface area contributed by atoms with E-state index in [0.29, 0.717) is 17.1 Å². The van der Waals surface area contributed by atoms with Crippen molar-refractivity contribution in [2.45, 2.75) is 21.7 Å².